The van der Waals surface area contributed by atoms with Crippen molar-refractivity contribution in [2.45, 2.75) is 44.8 Å². The van der Waals surface area contributed by atoms with Crippen molar-refractivity contribution in [3.8, 4) is 0 Å². The van der Waals surface area contributed by atoms with Crippen molar-refractivity contribution in [1.82, 2.24) is 20.5 Å². The number of thiazole rings is 1. The van der Waals surface area contributed by atoms with Gasteiger partial charge in [-0.1, -0.05) is 6.92 Å². The molecule has 10 heteroatoms. The molecule has 0 amide bonds. The van der Waals surface area contributed by atoms with E-state index in [0.29, 0.717) is 43.1 Å². The summed E-state index contributed by atoms with van der Waals surface area (Å²) < 4.78 is 43.5. The van der Waals surface area contributed by atoms with Gasteiger partial charge in [-0.15, -0.1) is 11.3 Å². The highest BCUT2D eigenvalue weighted by atomic mass is 32.1. The summed E-state index contributed by atoms with van der Waals surface area (Å²) in [6, 6.07) is 4.21. The second-order valence-corrected chi connectivity index (χ2v) is 8.11. The predicted octanol–water partition coefficient (Wildman–Crippen LogP) is 3.56. The Morgan fingerprint density at radius 1 is 1.33 bits per heavy atom. The second-order valence-electron chi connectivity index (χ2n) is 7.17. The third kappa shape index (κ3) is 6.73. The predicted molar refractivity (Wildman–Crippen MR) is 112 cm³/mol. The Hall–Kier alpha value is -2.07. The number of furan rings is 1. The zero-order chi connectivity index (χ0) is 21.4. The Morgan fingerprint density at radius 3 is 2.80 bits per heavy atom. The molecule has 2 aromatic rings. The molecule has 0 spiro atoms. The minimum atomic E-state index is -4.39. The maximum Gasteiger partial charge on any atom is 0.434 e. The topological polar surface area (TPSA) is 65.7 Å². The average Bonchev–Trinajstić information content (AvgIpc) is 3.46. The quantitative estimate of drug-likeness (QED) is 0.458. The summed E-state index contributed by atoms with van der Waals surface area (Å²) in [6.07, 6.45) is 0.703. The summed E-state index contributed by atoms with van der Waals surface area (Å²) in [4.78, 5) is 10.8. The number of rotatable bonds is 9. The standard InChI is InChI=1S/C20H28F3N5OS/c1-2-28-11-3-5-15(28)13-26-19(24-9-7-16-6-4-12-29-16)25-10-8-18-27-17(14-30-18)20(21,22)23/h4,6,12,14-15H,2-3,5,7-11,13H2,1H3,(H2,24,25,26). The number of likely N-dealkylation sites (N-methyl/N-ethyl adjacent to an activating group) is 1. The number of guanidine groups is 1. The zero-order valence-corrected chi connectivity index (χ0v) is 17.9. The Kier molecular flexibility index (Phi) is 8.15. The van der Waals surface area contributed by atoms with Crippen LogP contribution in [0, 0.1) is 0 Å². The van der Waals surface area contributed by atoms with Gasteiger partial charge in [0.25, 0.3) is 0 Å². The van der Waals surface area contributed by atoms with Crippen molar-refractivity contribution >= 4 is 17.3 Å². The first kappa shape index (κ1) is 22.6. The monoisotopic (exact) mass is 443 g/mol. The first-order valence-electron chi connectivity index (χ1n) is 10.3. The molecule has 1 fully saturated rings. The van der Waals surface area contributed by atoms with Gasteiger partial charge in [0.1, 0.15) is 5.76 Å². The smallest absolute Gasteiger partial charge is 0.434 e. The largest absolute Gasteiger partial charge is 0.469 e. The van der Waals surface area contributed by atoms with E-state index < -0.39 is 11.9 Å². The molecule has 1 unspecified atom stereocenters. The van der Waals surface area contributed by atoms with Crippen molar-refractivity contribution in [3.63, 3.8) is 0 Å². The summed E-state index contributed by atoms with van der Waals surface area (Å²) in [5, 5.41) is 8.04. The minimum absolute atomic E-state index is 0.407. The van der Waals surface area contributed by atoms with E-state index in [4.69, 9.17) is 9.41 Å². The fraction of sp³-hybridized carbons (Fsp3) is 0.600. The maximum absolute atomic E-state index is 12.7. The molecule has 166 valence electrons. The molecule has 30 heavy (non-hydrogen) atoms. The van der Waals surface area contributed by atoms with Crippen molar-refractivity contribution in [1.29, 1.82) is 0 Å². The van der Waals surface area contributed by atoms with E-state index in [2.05, 4.69) is 27.4 Å². The Bertz CT molecular complexity index is 791. The second kappa shape index (κ2) is 10.8. The summed E-state index contributed by atoms with van der Waals surface area (Å²) in [6.45, 7) is 6.08. The van der Waals surface area contributed by atoms with Crippen LogP contribution < -0.4 is 10.6 Å². The van der Waals surface area contributed by atoms with Crippen LogP contribution in [0.5, 0.6) is 0 Å². The van der Waals surface area contributed by atoms with Gasteiger partial charge < -0.3 is 15.1 Å². The lowest BCUT2D eigenvalue weighted by Gasteiger charge is -2.21. The third-order valence-electron chi connectivity index (χ3n) is 5.08. The van der Waals surface area contributed by atoms with Crippen molar-refractivity contribution in [3.05, 3.63) is 40.2 Å². The van der Waals surface area contributed by atoms with Gasteiger partial charge in [0.2, 0.25) is 0 Å². The number of nitrogens with zero attached hydrogens (tertiary/aromatic N) is 3. The van der Waals surface area contributed by atoms with Crippen LogP contribution in [0.2, 0.25) is 0 Å². The molecule has 1 atom stereocenters. The summed E-state index contributed by atoms with van der Waals surface area (Å²) in [5.74, 6) is 1.55. The number of hydrogen-bond acceptors (Lipinski definition) is 5. The average molecular weight is 444 g/mol. The molecule has 0 radical (unpaired) electrons. The van der Waals surface area contributed by atoms with E-state index in [0.717, 1.165) is 48.4 Å². The normalized spacial score (nSPS) is 18.1. The van der Waals surface area contributed by atoms with Gasteiger partial charge in [0, 0.05) is 37.4 Å². The SMILES string of the molecule is CCN1CCCC1CN=C(NCCc1ccco1)NCCc1nc(C(F)(F)F)cs1. The number of likely N-dealkylation sites (tertiary alicyclic amines) is 1. The number of halogens is 3. The molecule has 2 aromatic heterocycles. The number of aromatic nitrogens is 1. The minimum Gasteiger partial charge on any atom is -0.469 e. The van der Waals surface area contributed by atoms with E-state index in [-0.39, 0.29) is 0 Å². The van der Waals surface area contributed by atoms with Crippen LogP contribution >= 0.6 is 11.3 Å². The van der Waals surface area contributed by atoms with Gasteiger partial charge in [-0.3, -0.25) is 9.89 Å². The fourth-order valence-corrected chi connectivity index (χ4v) is 4.30. The van der Waals surface area contributed by atoms with Crippen LogP contribution in [0.15, 0.2) is 33.2 Å². The van der Waals surface area contributed by atoms with Crippen molar-refractivity contribution < 1.29 is 17.6 Å². The molecule has 0 bridgehead atoms. The van der Waals surface area contributed by atoms with Crippen molar-refractivity contribution in [2.75, 3.05) is 32.7 Å². The van der Waals surface area contributed by atoms with Gasteiger partial charge in [0.05, 0.1) is 17.8 Å². The molecule has 1 saturated heterocycles. The van der Waals surface area contributed by atoms with E-state index in [9.17, 15) is 13.2 Å². The highest BCUT2D eigenvalue weighted by molar-refractivity contribution is 7.09. The fourth-order valence-electron chi connectivity index (χ4n) is 3.49. The lowest BCUT2D eigenvalue weighted by atomic mass is 10.2. The van der Waals surface area contributed by atoms with Crippen LogP contribution in [0.25, 0.3) is 0 Å². The zero-order valence-electron chi connectivity index (χ0n) is 17.0. The Morgan fingerprint density at radius 2 is 2.13 bits per heavy atom. The highest BCUT2D eigenvalue weighted by Crippen LogP contribution is 2.30. The lowest BCUT2D eigenvalue weighted by Crippen LogP contribution is -2.41. The summed E-state index contributed by atoms with van der Waals surface area (Å²) in [5.41, 5.74) is -0.825. The molecule has 0 aromatic carbocycles. The number of aliphatic imine (C=N–C) groups is 1. The molecule has 0 aliphatic carbocycles. The van der Waals surface area contributed by atoms with Gasteiger partial charge >= 0.3 is 6.18 Å². The van der Waals surface area contributed by atoms with E-state index >= 15 is 0 Å². The Balaban J connectivity index is 1.52. The first-order chi connectivity index (χ1) is 14.5. The molecule has 1 aliphatic rings. The van der Waals surface area contributed by atoms with Crippen LogP contribution in [-0.2, 0) is 19.0 Å². The van der Waals surface area contributed by atoms with Crippen LogP contribution in [0.1, 0.15) is 36.2 Å². The van der Waals surface area contributed by atoms with Crippen LogP contribution in [0.3, 0.4) is 0 Å². The number of hydrogen-bond donors (Lipinski definition) is 2. The number of alkyl halides is 3. The molecule has 3 heterocycles. The van der Waals surface area contributed by atoms with Gasteiger partial charge in [-0.05, 0) is 38.1 Å². The molecule has 1 aliphatic heterocycles. The maximum atomic E-state index is 12.7. The van der Waals surface area contributed by atoms with Crippen molar-refractivity contribution in [2.24, 2.45) is 4.99 Å². The molecule has 3 rings (SSSR count). The highest BCUT2D eigenvalue weighted by Gasteiger charge is 2.33. The molecular weight excluding hydrogens is 415 g/mol. The van der Waals surface area contributed by atoms with E-state index in [1.807, 2.05) is 12.1 Å². The molecule has 2 N–H and O–H groups in total. The molecule has 0 saturated carbocycles. The number of nitrogens with one attached hydrogen (secondary N) is 2. The van der Waals surface area contributed by atoms with E-state index in [1.165, 1.54) is 6.42 Å². The molecule has 6 nitrogen and oxygen atoms in total. The summed E-state index contributed by atoms with van der Waals surface area (Å²) in [7, 11) is 0. The van der Waals surface area contributed by atoms with E-state index in [1.54, 1.807) is 6.26 Å². The van der Waals surface area contributed by atoms with Gasteiger partial charge in [-0.2, -0.15) is 13.2 Å². The van der Waals surface area contributed by atoms with Crippen LogP contribution in [-0.4, -0.2) is 54.6 Å². The first-order valence-corrected chi connectivity index (χ1v) is 11.1. The lowest BCUT2D eigenvalue weighted by molar-refractivity contribution is -0.140. The third-order valence-corrected chi connectivity index (χ3v) is 5.99. The summed E-state index contributed by atoms with van der Waals surface area (Å²) >= 11 is 1.03. The molecular formula is C20H28F3N5OS. The van der Waals surface area contributed by atoms with Crippen LogP contribution in [0.4, 0.5) is 13.2 Å². The Labute approximate surface area is 178 Å². The van der Waals surface area contributed by atoms with Gasteiger partial charge in [0.15, 0.2) is 11.7 Å². The van der Waals surface area contributed by atoms with Gasteiger partial charge in [-0.25, -0.2) is 4.98 Å².